The molecule has 0 fully saturated rings. The highest BCUT2D eigenvalue weighted by Gasteiger charge is 2.19. The van der Waals surface area contributed by atoms with Crippen LogP contribution in [0.4, 0.5) is 0 Å². The van der Waals surface area contributed by atoms with Crippen LogP contribution in [0.1, 0.15) is 213 Å². The minimum atomic E-state index is -0.801. The third-order valence-electron chi connectivity index (χ3n) is 10.2. The van der Waals surface area contributed by atoms with Gasteiger partial charge in [0.1, 0.15) is 13.2 Å². The fraction of sp³-hybridized carbons (Fsp3) is 0.655. The van der Waals surface area contributed by atoms with Crippen LogP contribution in [0, 0.1) is 0 Å². The summed E-state index contributed by atoms with van der Waals surface area (Å²) in [7, 11) is 0. The first-order valence-electron chi connectivity index (χ1n) is 24.8. The molecule has 0 aliphatic carbocycles. The lowest BCUT2D eigenvalue weighted by atomic mass is 10.1. The van der Waals surface area contributed by atoms with Crippen molar-refractivity contribution in [3.8, 4) is 0 Å². The smallest absolute Gasteiger partial charge is 0.306 e. The molecule has 0 aromatic heterocycles. The van der Waals surface area contributed by atoms with Gasteiger partial charge in [-0.1, -0.05) is 208 Å². The zero-order valence-electron chi connectivity index (χ0n) is 39.4. The second-order valence-corrected chi connectivity index (χ2v) is 16.1. The van der Waals surface area contributed by atoms with E-state index in [0.29, 0.717) is 19.3 Å². The van der Waals surface area contributed by atoms with Crippen molar-refractivity contribution < 1.29 is 28.6 Å². The Kier molecular flexibility index (Phi) is 46.0. The molecule has 0 aliphatic heterocycles. The first-order chi connectivity index (χ1) is 30.0. The zero-order chi connectivity index (χ0) is 44.4. The highest BCUT2D eigenvalue weighted by atomic mass is 16.6. The standard InChI is InChI=1S/C55H90O6/c1-4-7-10-13-16-19-22-25-27-30-33-36-39-42-45-48-54(57)60-51-52(50-59-53(56)47-44-41-38-35-32-29-24-21-18-15-12-9-6-3)61-55(58)49-46-43-40-37-34-31-28-26-23-20-17-14-11-8-5-2/h7,9-10,12-13,15-16,18-24,29,32,52H,4-6,8,11,14,17,25-28,30-31,33-51H2,1-3H3/b10-7-,12-9-,16-13-,18-15-,22-19-,23-20-,24-21-,32-29-. The Hall–Kier alpha value is -3.67. The number of carbonyl (C=O) groups is 3. The molecular formula is C55H90O6. The monoisotopic (exact) mass is 847 g/mol. The summed E-state index contributed by atoms with van der Waals surface area (Å²) in [6.07, 6.45) is 63.9. The van der Waals surface area contributed by atoms with E-state index in [1.807, 2.05) is 36.5 Å². The van der Waals surface area contributed by atoms with Gasteiger partial charge < -0.3 is 14.2 Å². The summed E-state index contributed by atoms with van der Waals surface area (Å²) in [6.45, 7) is 6.29. The first kappa shape index (κ1) is 57.3. The molecule has 0 rings (SSSR count). The largest absolute Gasteiger partial charge is 0.462 e. The van der Waals surface area contributed by atoms with Gasteiger partial charge in [-0.3, -0.25) is 14.4 Å². The lowest BCUT2D eigenvalue weighted by Crippen LogP contribution is -2.30. The molecule has 61 heavy (non-hydrogen) atoms. The minimum Gasteiger partial charge on any atom is -0.462 e. The molecule has 0 saturated carbocycles. The fourth-order valence-corrected chi connectivity index (χ4v) is 6.50. The summed E-state index contributed by atoms with van der Waals surface area (Å²) in [4.78, 5) is 37.9. The predicted octanol–water partition coefficient (Wildman–Crippen LogP) is 16.2. The molecule has 0 heterocycles. The van der Waals surface area contributed by atoms with Crippen molar-refractivity contribution in [2.45, 2.75) is 219 Å². The highest BCUT2D eigenvalue weighted by Crippen LogP contribution is 2.14. The lowest BCUT2D eigenvalue weighted by Gasteiger charge is -2.18. The molecule has 1 atom stereocenters. The van der Waals surface area contributed by atoms with Gasteiger partial charge in [0, 0.05) is 19.3 Å². The number of hydrogen-bond donors (Lipinski definition) is 0. The third kappa shape index (κ3) is 47.2. The molecule has 0 aliphatic rings. The summed E-state index contributed by atoms with van der Waals surface area (Å²) in [5.74, 6) is -0.960. The second-order valence-electron chi connectivity index (χ2n) is 16.1. The molecule has 0 amide bonds. The van der Waals surface area contributed by atoms with Gasteiger partial charge in [-0.2, -0.15) is 0 Å². The summed E-state index contributed by atoms with van der Waals surface area (Å²) in [5, 5.41) is 0. The number of allylic oxidation sites excluding steroid dienone is 16. The number of esters is 3. The van der Waals surface area contributed by atoms with Gasteiger partial charge in [-0.05, 0) is 83.5 Å². The van der Waals surface area contributed by atoms with Gasteiger partial charge in [0.05, 0.1) is 0 Å². The van der Waals surface area contributed by atoms with Crippen molar-refractivity contribution in [1.29, 1.82) is 0 Å². The lowest BCUT2D eigenvalue weighted by molar-refractivity contribution is -0.167. The molecule has 346 valence electrons. The van der Waals surface area contributed by atoms with Crippen molar-refractivity contribution in [1.82, 2.24) is 0 Å². The van der Waals surface area contributed by atoms with E-state index in [1.54, 1.807) is 0 Å². The Labute approximate surface area is 375 Å². The number of unbranched alkanes of at least 4 members (excludes halogenated alkanes) is 21. The van der Waals surface area contributed by atoms with Crippen LogP contribution in [0.3, 0.4) is 0 Å². The Morgan fingerprint density at radius 3 is 1.07 bits per heavy atom. The maximum Gasteiger partial charge on any atom is 0.306 e. The Bertz CT molecular complexity index is 1250. The highest BCUT2D eigenvalue weighted by molar-refractivity contribution is 5.71. The molecule has 6 heteroatoms. The van der Waals surface area contributed by atoms with E-state index in [9.17, 15) is 14.4 Å². The molecule has 1 unspecified atom stereocenters. The quantitative estimate of drug-likeness (QED) is 0.0200. The van der Waals surface area contributed by atoms with Crippen LogP contribution < -0.4 is 0 Å². The van der Waals surface area contributed by atoms with E-state index in [-0.39, 0.29) is 31.1 Å². The molecule has 0 radical (unpaired) electrons. The SMILES string of the molecule is CC\C=C/C=C\C=C/C=C\CCCCCC(=O)OCC(COC(=O)CCCCCCCCC\C=C/C=C\C=C/CC)OC(=O)CCCCCCCCC/C=C\CCCCCC. The molecular weight excluding hydrogens is 757 g/mol. The molecule has 0 aromatic carbocycles. The van der Waals surface area contributed by atoms with Gasteiger partial charge in [0.2, 0.25) is 0 Å². The predicted molar refractivity (Wildman–Crippen MR) is 260 cm³/mol. The van der Waals surface area contributed by atoms with Crippen LogP contribution in [0.15, 0.2) is 97.2 Å². The van der Waals surface area contributed by atoms with Crippen LogP contribution in [-0.2, 0) is 28.6 Å². The number of hydrogen-bond acceptors (Lipinski definition) is 6. The van der Waals surface area contributed by atoms with Gasteiger partial charge >= 0.3 is 17.9 Å². The average molecular weight is 847 g/mol. The van der Waals surface area contributed by atoms with E-state index in [2.05, 4.69) is 81.5 Å². The van der Waals surface area contributed by atoms with Crippen LogP contribution in [0.2, 0.25) is 0 Å². The van der Waals surface area contributed by atoms with Crippen molar-refractivity contribution in [2.24, 2.45) is 0 Å². The van der Waals surface area contributed by atoms with Gasteiger partial charge in [0.25, 0.3) is 0 Å². The van der Waals surface area contributed by atoms with Crippen molar-refractivity contribution in [3.63, 3.8) is 0 Å². The Balaban J connectivity index is 4.48. The van der Waals surface area contributed by atoms with E-state index < -0.39 is 6.10 Å². The van der Waals surface area contributed by atoms with E-state index in [0.717, 1.165) is 83.5 Å². The molecule has 6 nitrogen and oxygen atoms in total. The maximum atomic E-state index is 12.8. The summed E-state index contributed by atoms with van der Waals surface area (Å²) in [6, 6.07) is 0. The normalized spacial score (nSPS) is 12.9. The fourth-order valence-electron chi connectivity index (χ4n) is 6.50. The van der Waals surface area contributed by atoms with E-state index in [1.165, 1.54) is 89.9 Å². The van der Waals surface area contributed by atoms with Crippen molar-refractivity contribution >= 4 is 17.9 Å². The average Bonchev–Trinajstić information content (AvgIpc) is 3.26. The van der Waals surface area contributed by atoms with E-state index >= 15 is 0 Å². The summed E-state index contributed by atoms with van der Waals surface area (Å²) in [5.41, 5.74) is 0. The topological polar surface area (TPSA) is 78.9 Å². The molecule has 0 saturated heterocycles. The molecule has 0 N–H and O–H groups in total. The van der Waals surface area contributed by atoms with Crippen LogP contribution in [-0.4, -0.2) is 37.2 Å². The van der Waals surface area contributed by atoms with Crippen LogP contribution >= 0.6 is 0 Å². The molecule has 0 spiro atoms. The Morgan fingerprint density at radius 1 is 0.344 bits per heavy atom. The van der Waals surface area contributed by atoms with Gasteiger partial charge in [-0.15, -0.1) is 0 Å². The maximum absolute atomic E-state index is 12.8. The minimum absolute atomic E-state index is 0.0996. The molecule has 0 bridgehead atoms. The first-order valence-corrected chi connectivity index (χ1v) is 24.8. The van der Waals surface area contributed by atoms with Crippen LogP contribution in [0.25, 0.3) is 0 Å². The van der Waals surface area contributed by atoms with Crippen molar-refractivity contribution in [3.05, 3.63) is 97.2 Å². The number of ether oxygens (including phenoxy) is 3. The third-order valence-corrected chi connectivity index (χ3v) is 10.2. The summed E-state index contributed by atoms with van der Waals surface area (Å²) >= 11 is 0. The van der Waals surface area contributed by atoms with Crippen LogP contribution in [0.5, 0.6) is 0 Å². The number of carbonyl (C=O) groups excluding carboxylic acids is 3. The second kappa shape index (κ2) is 49.0. The van der Waals surface area contributed by atoms with Gasteiger partial charge in [-0.25, -0.2) is 0 Å². The zero-order valence-corrected chi connectivity index (χ0v) is 39.4. The Morgan fingerprint density at radius 2 is 0.656 bits per heavy atom. The van der Waals surface area contributed by atoms with Gasteiger partial charge in [0.15, 0.2) is 6.10 Å². The van der Waals surface area contributed by atoms with E-state index in [4.69, 9.17) is 14.2 Å². The van der Waals surface area contributed by atoms with Crippen molar-refractivity contribution in [2.75, 3.05) is 13.2 Å². The summed E-state index contributed by atoms with van der Waals surface area (Å²) < 4.78 is 16.7. The number of rotatable bonds is 43. The molecule has 0 aromatic rings.